The number of aromatic nitrogens is 3. The van der Waals surface area contributed by atoms with Crippen LogP contribution in [0.5, 0.6) is 5.88 Å². The van der Waals surface area contributed by atoms with Crippen molar-refractivity contribution >= 4 is 23.2 Å². The summed E-state index contributed by atoms with van der Waals surface area (Å²) in [6.07, 6.45) is 0.172. The Bertz CT molecular complexity index is 1020. The first-order valence-corrected chi connectivity index (χ1v) is 8.05. The number of nitrogens with one attached hydrogen (secondary N) is 1. The molecule has 7 nitrogen and oxygen atoms in total. The molecule has 1 aromatic carbocycles. The minimum atomic E-state index is -0.604. The van der Waals surface area contributed by atoms with Gasteiger partial charge in [-0.2, -0.15) is 9.61 Å². The number of H-pyrrole nitrogens is 1. The third kappa shape index (κ3) is 3.10. The van der Waals surface area contributed by atoms with Crippen LogP contribution in [0.3, 0.4) is 0 Å². The van der Waals surface area contributed by atoms with Crippen molar-refractivity contribution in [3.05, 3.63) is 62.0 Å². The molecule has 2 heterocycles. The summed E-state index contributed by atoms with van der Waals surface area (Å²) in [5.41, 5.74) is 0.978. The molecule has 2 N–H and O–H groups in total. The van der Waals surface area contributed by atoms with Gasteiger partial charge in [-0.3, -0.25) is 4.79 Å². The lowest BCUT2D eigenvalue weighted by Gasteiger charge is -2.07. The fourth-order valence-electron chi connectivity index (χ4n) is 2.67. The van der Waals surface area contributed by atoms with Crippen LogP contribution in [0.25, 0.3) is 5.65 Å². The molecule has 130 valence electrons. The van der Waals surface area contributed by atoms with E-state index in [0.29, 0.717) is 10.7 Å². The van der Waals surface area contributed by atoms with Crippen LogP contribution < -0.4 is 5.56 Å². The van der Waals surface area contributed by atoms with Gasteiger partial charge in [0.2, 0.25) is 5.88 Å². The van der Waals surface area contributed by atoms with Crippen LogP contribution in [0, 0.1) is 6.92 Å². The SMILES string of the molecule is CCOC(=O)c1c(C)nn2c(O)c(Cc3cccc(Cl)c3)c(=O)[nH]c12. The molecule has 0 spiro atoms. The standard InChI is InChI=1S/C17H16ClN3O4/c1-3-25-17(24)13-9(2)20-21-14(13)19-15(22)12(16(21)23)8-10-5-4-6-11(18)7-10/h4-7,23H,3,8H2,1-2H3,(H,19,22). The van der Waals surface area contributed by atoms with Gasteiger partial charge in [0.1, 0.15) is 5.56 Å². The smallest absolute Gasteiger partial charge is 0.343 e. The zero-order chi connectivity index (χ0) is 18.1. The summed E-state index contributed by atoms with van der Waals surface area (Å²) in [5.74, 6) is -0.926. The number of benzene rings is 1. The van der Waals surface area contributed by atoms with Gasteiger partial charge in [0.15, 0.2) is 5.65 Å². The zero-order valence-corrected chi connectivity index (χ0v) is 14.4. The average Bonchev–Trinajstić information content (AvgIpc) is 2.88. The summed E-state index contributed by atoms with van der Waals surface area (Å²) < 4.78 is 6.13. The molecule has 0 unspecified atom stereocenters. The number of hydrogen-bond acceptors (Lipinski definition) is 5. The van der Waals surface area contributed by atoms with Gasteiger partial charge in [0.25, 0.3) is 5.56 Å². The number of carbonyl (C=O) groups excluding carboxylic acids is 1. The number of nitrogens with zero attached hydrogens (tertiary/aromatic N) is 2. The minimum absolute atomic E-state index is 0.105. The number of aromatic amines is 1. The van der Waals surface area contributed by atoms with E-state index in [1.54, 1.807) is 38.1 Å². The van der Waals surface area contributed by atoms with Crippen molar-refractivity contribution in [3.63, 3.8) is 0 Å². The lowest BCUT2D eigenvalue weighted by molar-refractivity contribution is 0.0527. The predicted octanol–water partition coefficient (Wildman–Crippen LogP) is 2.46. The van der Waals surface area contributed by atoms with Crippen molar-refractivity contribution in [1.29, 1.82) is 0 Å². The highest BCUT2D eigenvalue weighted by molar-refractivity contribution is 6.30. The Kier molecular flexibility index (Phi) is 4.50. The fourth-order valence-corrected chi connectivity index (χ4v) is 2.88. The Morgan fingerprint density at radius 2 is 2.20 bits per heavy atom. The zero-order valence-electron chi connectivity index (χ0n) is 13.7. The van der Waals surface area contributed by atoms with Crippen molar-refractivity contribution in [1.82, 2.24) is 14.6 Å². The molecule has 0 aliphatic carbocycles. The van der Waals surface area contributed by atoms with Crippen molar-refractivity contribution in [2.24, 2.45) is 0 Å². The number of hydrogen-bond donors (Lipinski definition) is 2. The van der Waals surface area contributed by atoms with Crippen LogP contribution >= 0.6 is 11.6 Å². The topological polar surface area (TPSA) is 96.7 Å². The van der Waals surface area contributed by atoms with Gasteiger partial charge in [-0.25, -0.2) is 4.79 Å². The first-order chi connectivity index (χ1) is 11.9. The van der Waals surface area contributed by atoms with E-state index in [0.717, 1.165) is 10.1 Å². The van der Waals surface area contributed by atoms with Crippen LogP contribution in [-0.2, 0) is 11.2 Å². The quantitative estimate of drug-likeness (QED) is 0.696. The van der Waals surface area contributed by atoms with E-state index in [1.807, 2.05) is 0 Å². The van der Waals surface area contributed by atoms with Crippen molar-refractivity contribution in [2.75, 3.05) is 6.61 Å². The van der Waals surface area contributed by atoms with E-state index in [9.17, 15) is 14.7 Å². The summed E-state index contributed by atoms with van der Waals surface area (Å²) in [7, 11) is 0. The predicted molar refractivity (Wildman–Crippen MR) is 92.4 cm³/mol. The Balaban J connectivity index is 2.14. The highest BCUT2D eigenvalue weighted by Crippen LogP contribution is 2.23. The number of ether oxygens (including phenoxy) is 1. The summed E-state index contributed by atoms with van der Waals surface area (Å²) >= 11 is 5.96. The number of halogens is 1. The highest BCUT2D eigenvalue weighted by atomic mass is 35.5. The lowest BCUT2D eigenvalue weighted by Crippen LogP contribution is -2.17. The molecule has 0 saturated carbocycles. The second kappa shape index (κ2) is 6.60. The molecule has 0 fully saturated rings. The molecule has 0 aliphatic rings. The van der Waals surface area contributed by atoms with Crippen LogP contribution in [0.4, 0.5) is 0 Å². The van der Waals surface area contributed by atoms with E-state index in [4.69, 9.17) is 16.3 Å². The van der Waals surface area contributed by atoms with Gasteiger partial charge >= 0.3 is 5.97 Å². The first-order valence-electron chi connectivity index (χ1n) is 7.67. The average molecular weight is 362 g/mol. The van der Waals surface area contributed by atoms with Gasteiger partial charge in [0.05, 0.1) is 17.9 Å². The van der Waals surface area contributed by atoms with Crippen LogP contribution in [0.2, 0.25) is 5.02 Å². The number of aryl methyl sites for hydroxylation is 1. The summed E-state index contributed by atoms with van der Waals surface area (Å²) in [4.78, 5) is 27.1. The number of rotatable bonds is 4. The number of fused-ring (bicyclic) bond motifs is 1. The molecule has 3 rings (SSSR count). The molecule has 0 aliphatic heterocycles. The molecule has 0 bridgehead atoms. The second-order valence-corrected chi connectivity index (χ2v) is 5.94. The van der Waals surface area contributed by atoms with Gasteiger partial charge in [0, 0.05) is 11.4 Å². The second-order valence-electron chi connectivity index (χ2n) is 5.50. The number of carbonyl (C=O) groups is 1. The molecule has 0 atom stereocenters. The van der Waals surface area contributed by atoms with Gasteiger partial charge < -0.3 is 14.8 Å². The molecule has 2 aromatic heterocycles. The van der Waals surface area contributed by atoms with Crippen LogP contribution in [0.1, 0.15) is 34.1 Å². The van der Waals surface area contributed by atoms with E-state index < -0.39 is 11.5 Å². The van der Waals surface area contributed by atoms with Crippen molar-refractivity contribution in [2.45, 2.75) is 20.3 Å². The monoisotopic (exact) mass is 361 g/mol. The van der Waals surface area contributed by atoms with Crippen LogP contribution in [0.15, 0.2) is 29.1 Å². The Labute approximate surface area is 147 Å². The van der Waals surface area contributed by atoms with Crippen molar-refractivity contribution < 1.29 is 14.6 Å². The molecule has 3 aromatic rings. The lowest BCUT2D eigenvalue weighted by atomic mass is 10.1. The Morgan fingerprint density at radius 3 is 2.88 bits per heavy atom. The molecule has 0 saturated heterocycles. The molecule has 0 radical (unpaired) electrons. The van der Waals surface area contributed by atoms with Gasteiger partial charge in [-0.1, -0.05) is 23.7 Å². The Morgan fingerprint density at radius 1 is 1.44 bits per heavy atom. The summed E-state index contributed by atoms with van der Waals surface area (Å²) in [5, 5.41) is 15.2. The third-order valence-corrected chi connectivity index (χ3v) is 4.02. The largest absolute Gasteiger partial charge is 0.493 e. The van der Waals surface area contributed by atoms with E-state index in [1.165, 1.54) is 0 Å². The maximum Gasteiger partial charge on any atom is 0.343 e. The van der Waals surface area contributed by atoms with E-state index >= 15 is 0 Å². The van der Waals surface area contributed by atoms with Crippen LogP contribution in [-0.4, -0.2) is 32.3 Å². The third-order valence-electron chi connectivity index (χ3n) is 3.79. The first kappa shape index (κ1) is 17.0. The maximum absolute atomic E-state index is 12.4. The van der Waals surface area contributed by atoms with E-state index in [-0.39, 0.29) is 35.7 Å². The fraction of sp³-hybridized carbons (Fsp3) is 0.235. The molecule has 8 heteroatoms. The molecular weight excluding hydrogens is 346 g/mol. The number of aromatic hydroxyl groups is 1. The van der Waals surface area contributed by atoms with Crippen molar-refractivity contribution in [3.8, 4) is 5.88 Å². The summed E-state index contributed by atoms with van der Waals surface area (Å²) in [6, 6.07) is 7.00. The maximum atomic E-state index is 12.4. The minimum Gasteiger partial charge on any atom is -0.493 e. The van der Waals surface area contributed by atoms with E-state index in [2.05, 4.69) is 10.1 Å². The molecule has 25 heavy (non-hydrogen) atoms. The van der Waals surface area contributed by atoms with Gasteiger partial charge in [-0.05, 0) is 31.5 Å². The normalized spacial score (nSPS) is 11.0. The van der Waals surface area contributed by atoms with Gasteiger partial charge in [-0.15, -0.1) is 0 Å². The molecule has 0 amide bonds. The molecular formula is C17H16ClN3O4. The summed E-state index contributed by atoms with van der Waals surface area (Å²) in [6.45, 7) is 3.48. The highest BCUT2D eigenvalue weighted by Gasteiger charge is 2.23. The number of esters is 1. The Hall–Kier alpha value is -2.80.